The highest BCUT2D eigenvalue weighted by Gasteiger charge is 2.39. The summed E-state index contributed by atoms with van der Waals surface area (Å²) in [4.78, 5) is 0. The Morgan fingerprint density at radius 2 is 2.07 bits per heavy atom. The number of piperidine rings is 1. The summed E-state index contributed by atoms with van der Waals surface area (Å²) in [7, 11) is 1.98. The van der Waals surface area contributed by atoms with Crippen molar-refractivity contribution in [2.24, 2.45) is 11.8 Å². The van der Waals surface area contributed by atoms with Crippen LogP contribution >= 0.6 is 0 Å². The molecule has 0 radical (unpaired) electrons. The number of aliphatic hydroxyl groups is 1. The van der Waals surface area contributed by atoms with E-state index in [1.807, 2.05) is 7.05 Å². The van der Waals surface area contributed by atoms with E-state index in [2.05, 4.69) is 41.9 Å². The van der Waals surface area contributed by atoms with Gasteiger partial charge < -0.3 is 15.7 Å². The maximum absolute atomic E-state index is 9.43. The second-order valence-electron chi connectivity index (χ2n) is 4.49. The highest BCUT2D eigenvalue weighted by atomic mass is 16.3. The summed E-state index contributed by atoms with van der Waals surface area (Å²) in [6.45, 7) is 2.38. The first-order chi connectivity index (χ1) is 7.27. The quantitative estimate of drug-likeness (QED) is 0.611. The van der Waals surface area contributed by atoms with Crippen LogP contribution in [0.4, 0.5) is 0 Å². The average Bonchev–Trinajstić information content (AvgIpc) is 2.27. The molecule has 5 unspecified atom stereocenters. The minimum absolute atomic E-state index is 0.237. The van der Waals surface area contributed by atoms with E-state index >= 15 is 0 Å². The van der Waals surface area contributed by atoms with Crippen molar-refractivity contribution in [3.8, 4) is 0 Å². The molecule has 0 amide bonds. The molecule has 1 fully saturated rings. The lowest BCUT2D eigenvalue weighted by molar-refractivity contribution is 0.0980. The van der Waals surface area contributed by atoms with E-state index in [9.17, 15) is 5.11 Å². The van der Waals surface area contributed by atoms with Crippen LogP contribution in [-0.4, -0.2) is 36.9 Å². The van der Waals surface area contributed by atoms with Crippen LogP contribution in [0.5, 0.6) is 0 Å². The van der Waals surface area contributed by atoms with Gasteiger partial charge in [0, 0.05) is 36.6 Å². The molecule has 2 aliphatic rings. The normalized spacial score (nSPS) is 44.1. The first-order valence-electron chi connectivity index (χ1n) is 5.67. The second kappa shape index (κ2) is 4.47. The van der Waals surface area contributed by atoms with Gasteiger partial charge in [0.25, 0.3) is 0 Å². The topological polar surface area (TPSA) is 44.3 Å². The van der Waals surface area contributed by atoms with Gasteiger partial charge in [-0.05, 0) is 14.0 Å². The molecule has 1 aliphatic heterocycles. The summed E-state index contributed by atoms with van der Waals surface area (Å²) in [6, 6.07) is 1.12. The fourth-order valence-electron chi connectivity index (χ4n) is 2.84. The molecule has 2 rings (SSSR count). The van der Waals surface area contributed by atoms with Gasteiger partial charge in [0.1, 0.15) is 0 Å². The molecule has 5 atom stereocenters. The first-order valence-corrected chi connectivity index (χ1v) is 5.67. The van der Waals surface area contributed by atoms with Crippen LogP contribution in [0, 0.1) is 11.8 Å². The smallest absolute Gasteiger partial charge is 0.0489 e. The highest BCUT2D eigenvalue weighted by molar-refractivity contribution is 5.22. The summed E-state index contributed by atoms with van der Waals surface area (Å²) in [5.74, 6) is 0.737. The van der Waals surface area contributed by atoms with Crippen LogP contribution < -0.4 is 10.6 Å². The standard InChI is InChI=1S/C12H20N2O/c1-8-10(7-15)12(13-2)9-5-3-4-6-11(9)14-8/h3-6,8-15H,7H2,1-2H3. The van der Waals surface area contributed by atoms with Gasteiger partial charge in [0.15, 0.2) is 0 Å². The Labute approximate surface area is 91.3 Å². The minimum atomic E-state index is 0.237. The Bertz CT molecular complexity index is 275. The molecule has 3 nitrogen and oxygen atoms in total. The Hall–Kier alpha value is -0.640. The Morgan fingerprint density at radius 1 is 1.33 bits per heavy atom. The highest BCUT2D eigenvalue weighted by Crippen LogP contribution is 2.29. The summed E-state index contributed by atoms with van der Waals surface area (Å²) in [6.07, 6.45) is 8.62. The Kier molecular flexibility index (Phi) is 3.24. The molecule has 1 saturated heterocycles. The molecule has 0 aromatic carbocycles. The monoisotopic (exact) mass is 208 g/mol. The van der Waals surface area contributed by atoms with Gasteiger partial charge >= 0.3 is 0 Å². The van der Waals surface area contributed by atoms with Crippen molar-refractivity contribution < 1.29 is 5.11 Å². The molecule has 3 heteroatoms. The SMILES string of the molecule is CNC1C2C=CC=CC2NC(C)C1CO. The second-order valence-corrected chi connectivity index (χ2v) is 4.49. The number of fused-ring (bicyclic) bond motifs is 1. The van der Waals surface area contributed by atoms with Gasteiger partial charge in [-0.25, -0.2) is 0 Å². The molecule has 3 N–H and O–H groups in total. The average molecular weight is 208 g/mol. The van der Waals surface area contributed by atoms with Crippen molar-refractivity contribution in [3.63, 3.8) is 0 Å². The van der Waals surface area contributed by atoms with E-state index in [1.165, 1.54) is 0 Å². The molecule has 0 saturated carbocycles. The number of aliphatic hydroxyl groups excluding tert-OH is 1. The fourth-order valence-corrected chi connectivity index (χ4v) is 2.84. The third-order valence-corrected chi connectivity index (χ3v) is 3.70. The summed E-state index contributed by atoms with van der Waals surface area (Å²) >= 11 is 0. The number of nitrogens with one attached hydrogen (secondary N) is 2. The summed E-state index contributed by atoms with van der Waals surface area (Å²) < 4.78 is 0. The minimum Gasteiger partial charge on any atom is -0.396 e. The van der Waals surface area contributed by atoms with Gasteiger partial charge in [-0.15, -0.1) is 0 Å². The van der Waals surface area contributed by atoms with E-state index in [0.29, 0.717) is 24.0 Å². The van der Waals surface area contributed by atoms with Crippen LogP contribution in [0.25, 0.3) is 0 Å². The summed E-state index contributed by atoms with van der Waals surface area (Å²) in [5, 5.41) is 16.3. The van der Waals surface area contributed by atoms with Crippen molar-refractivity contribution in [3.05, 3.63) is 24.3 Å². The lowest BCUT2D eigenvalue weighted by Crippen LogP contribution is -2.62. The van der Waals surface area contributed by atoms with E-state index in [4.69, 9.17) is 0 Å². The molecule has 0 spiro atoms. The Balaban J connectivity index is 2.20. The molecular weight excluding hydrogens is 188 g/mol. The lowest BCUT2D eigenvalue weighted by Gasteiger charge is -2.45. The zero-order chi connectivity index (χ0) is 10.8. The van der Waals surface area contributed by atoms with Crippen LogP contribution in [0.15, 0.2) is 24.3 Å². The van der Waals surface area contributed by atoms with E-state index in [1.54, 1.807) is 0 Å². The van der Waals surface area contributed by atoms with Gasteiger partial charge in [0.2, 0.25) is 0 Å². The van der Waals surface area contributed by atoms with Crippen LogP contribution in [0.1, 0.15) is 6.92 Å². The zero-order valence-electron chi connectivity index (χ0n) is 9.35. The van der Waals surface area contributed by atoms with Crippen molar-refractivity contribution in [1.82, 2.24) is 10.6 Å². The molecule has 84 valence electrons. The van der Waals surface area contributed by atoms with Crippen molar-refractivity contribution >= 4 is 0 Å². The number of hydrogen-bond acceptors (Lipinski definition) is 3. The molecule has 0 aromatic heterocycles. The maximum atomic E-state index is 9.43. The van der Waals surface area contributed by atoms with Crippen molar-refractivity contribution in [1.29, 1.82) is 0 Å². The van der Waals surface area contributed by atoms with Crippen molar-refractivity contribution in [2.45, 2.75) is 25.0 Å². The van der Waals surface area contributed by atoms with Gasteiger partial charge in [0.05, 0.1) is 0 Å². The molecular formula is C12H20N2O. The van der Waals surface area contributed by atoms with E-state index in [-0.39, 0.29) is 12.5 Å². The molecule has 1 aliphatic carbocycles. The zero-order valence-corrected chi connectivity index (χ0v) is 9.35. The van der Waals surface area contributed by atoms with Gasteiger partial charge in [-0.3, -0.25) is 0 Å². The van der Waals surface area contributed by atoms with Gasteiger partial charge in [-0.2, -0.15) is 0 Å². The number of hydrogen-bond donors (Lipinski definition) is 3. The van der Waals surface area contributed by atoms with Crippen LogP contribution in [-0.2, 0) is 0 Å². The van der Waals surface area contributed by atoms with Crippen LogP contribution in [0.3, 0.4) is 0 Å². The molecule has 0 bridgehead atoms. The van der Waals surface area contributed by atoms with E-state index < -0.39 is 0 Å². The third kappa shape index (κ3) is 1.87. The van der Waals surface area contributed by atoms with Crippen molar-refractivity contribution in [2.75, 3.05) is 13.7 Å². The van der Waals surface area contributed by atoms with Crippen LogP contribution in [0.2, 0.25) is 0 Å². The molecule has 0 aromatic rings. The largest absolute Gasteiger partial charge is 0.396 e. The van der Waals surface area contributed by atoms with Gasteiger partial charge in [-0.1, -0.05) is 24.3 Å². The lowest BCUT2D eigenvalue weighted by atomic mass is 9.75. The first kappa shape index (κ1) is 10.9. The molecule has 15 heavy (non-hydrogen) atoms. The fraction of sp³-hybridized carbons (Fsp3) is 0.667. The molecule has 1 heterocycles. The predicted octanol–water partition coefficient (Wildman–Crippen LogP) is 0.285. The predicted molar refractivity (Wildman–Crippen MR) is 61.6 cm³/mol. The summed E-state index contributed by atoms with van der Waals surface area (Å²) in [5.41, 5.74) is 0. The maximum Gasteiger partial charge on any atom is 0.0489 e. The third-order valence-electron chi connectivity index (χ3n) is 3.70. The number of allylic oxidation sites excluding steroid dienone is 2. The number of rotatable bonds is 2. The van der Waals surface area contributed by atoms with E-state index in [0.717, 1.165) is 0 Å². The Morgan fingerprint density at radius 3 is 2.73 bits per heavy atom.